The van der Waals surface area contributed by atoms with Gasteiger partial charge in [-0.2, -0.15) is 0 Å². The van der Waals surface area contributed by atoms with E-state index in [1.54, 1.807) is 26.3 Å². The van der Waals surface area contributed by atoms with E-state index in [-0.39, 0.29) is 0 Å². The van der Waals surface area contributed by atoms with Crippen LogP contribution in [0.15, 0.2) is 48.7 Å². The predicted octanol–water partition coefficient (Wildman–Crippen LogP) is 3.41. The van der Waals surface area contributed by atoms with Gasteiger partial charge in [0.05, 0.1) is 19.2 Å². The highest BCUT2D eigenvalue weighted by atomic mass is 16.5. The van der Waals surface area contributed by atoms with Crippen molar-refractivity contribution < 1.29 is 14.3 Å². The van der Waals surface area contributed by atoms with Gasteiger partial charge in [0.2, 0.25) is 5.88 Å². The minimum absolute atomic E-state index is 0.324. The van der Waals surface area contributed by atoms with E-state index in [0.29, 0.717) is 24.6 Å². The molecule has 0 saturated heterocycles. The fraction of sp³-hybridized carbons (Fsp3) is 0.211. The Morgan fingerprint density at radius 3 is 2.79 bits per heavy atom. The van der Waals surface area contributed by atoms with Gasteiger partial charge in [-0.05, 0) is 42.7 Å². The second kappa shape index (κ2) is 7.08. The summed E-state index contributed by atoms with van der Waals surface area (Å²) in [7, 11) is 1.59. The van der Waals surface area contributed by atoms with E-state index in [1.165, 1.54) is 0 Å². The Labute approximate surface area is 140 Å². The highest BCUT2D eigenvalue weighted by Gasteiger charge is 2.13. The van der Waals surface area contributed by atoms with Crippen LogP contribution in [0.2, 0.25) is 0 Å². The summed E-state index contributed by atoms with van der Waals surface area (Å²) in [6, 6.07) is 13.4. The molecule has 0 aliphatic heterocycles. The van der Waals surface area contributed by atoms with Gasteiger partial charge < -0.3 is 9.47 Å². The van der Waals surface area contributed by atoms with Crippen molar-refractivity contribution in [3.63, 3.8) is 0 Å². The van der Waals surface area contributed by atoms with Crippen LogP contribution in [-0.4, -0.2) is 29.7 Å². The fourth-order valence-corrected chi connectivity index (χ4v) is 2.60. The number of methoxy groups -OCH3 is 1. The standard InChI is InChI=1S/C19H18N2O3/c1-3-24-19(22)17-12-14(15-6-4-5-7-16(15)21-17)10-13-8-9-20-18(11-13)23-2/h4-9,11-12H,3,10H2,1-2H3. The Morgan fingerprint density at radius 2 is 2.00 bits per heavy atom. The molecule has 5 nitrogen and oxygen atoms in total. The fourth-order valence-electron chi connectivity index (χ4n) is 2.60. The van der Waals surface area contributed by atoms with Crippen LogP contribution in [0.4, 0.5) is 0 Å². The van der Waals surface area contributed by atoms with Crippen LogP contribution < -0.4 is 4.74 Å². The Morgan fingerprint density at radius 1 is 1.17 bits per heavy atom. The number of rotatable bonds is 5. The Bertz CT molecular complexity index is 877. The normalized spacial score (nSPS) is 10.6. The molecule has 0 aliphatic carbocycles. The molecule has 0 bridgehead atoms. The van der Waals surface area contributed by atoms with E-state index in [9.17, 15) is 4.79 Å². The number of para-hydroxylation sites is 1. The minimum Gasteiger partial charge on any atom is -0.481 e. The first-order valence-corrected chi connectivity index (χ1v) is 7.76. The van der Waals surface area contributed by atoms with Crippen molar-refractivity contribution in [1.82, 2.24) is 9.97 Å². The molecule has 0 fully saturated rings. The molecule has 0 amide bonds. The molecule has 0 aliphatic rings. The molecule has 3 aromatic rings. The number of aromatic nitrogens is 2. The quantitative estimate of drug-likeness (QED) is 0.674. The molecule has 0 N–H and O–H groups in total. The second-order valence-electron chi connectivity index (χ2n) is 5.29. The van der Waals surface area contributed by atoms with Crippen LogP contribution in [0.5, 0.6) is 5.88 Å². The lowest BCUT2D eigenvalue weighted by atomic mass is 10.0. The van der Waals surface area contributed by atoms with Crippen molar-refractivity contribution in [2.75, 3.05) is 13.7 Å². The summed E-state index contributed by atoms with van der Waals surface area (Å²) in [4.78, 5) is 20.6. The zero-order chi connectivity index (χ0) is 16.9. The first-order valence-electron chi connectivity index (χ1n) is 7.76. The van der Waals surface area contributed by atoms with Gasteiger partial charge in [-0.15, -0.1) is 0 Å². The lowest BCUT2D eigenvalue weighted by molar-refractivity contribution is 0.0520. The van der Waals surface area contributed by atoms with E-state index in [1.807, 2.05) is 36.4 Å². The van der Waals surface area contributed by atoms with Crippen LogP contribution in [0, 0.1) is 0 Å². The third-order valence-corrected chi connectivity index (χ3v) is 3.69. The van der Waals surface area contributed by atoms with Crippen LogP contribution in [0.3, 0.4) is 0 Å². The maximum absolute atomic E-state index is 12.1. The first kappa shape index (κ1) is 15.9. The largest absolute Gasteiger partial charge is 0.481 e. The zero-order valence-electron chi connectivity index (χ0n) is 13.7. The van der Waals surface area contributed by atoms with Crippen molar-refractivity contribution in [2.24, 2.45) is 0 Å². The molecule has 0 radical (unpaired) electrons. The van der Waals surface area contributed by atoms with Gasteiger partial charge >= 0.3 is 5.97 Å². The summed E-state index contributed by atoms with van der Waals surface area (Å²) >= 11 is 0. The third-order valence-electron chi connectivity index (χ3n) is 3.69. The molecule has 0 atom stereocenters. The number of hydrogen-bond donors (Lipinski definition) is 0. The smallest absolute Gasteiger partial charge is 0.356 e. The molecule has 122 valence electrons. The number of benzene rings is 1. The van der Waals surface area contributed by atoms with Crippen molar-refractivity contribution in [1.29, 1.82) is 0 Å². The van der Waals surface area contributed by atoms with Gasteiger partial charge in [0.25, 0.3) is 0 Å². The molecular formula is C19H18N2O3. The van der Waals surface area contributed by atoms with E-state index < -0.39 is 5.97 Å². The van der Waals surface area contributed by atoms with Crippen LogP contribution in [0.25, 0.3) is 10.9 Å². The molecule has 0 saturated carbocycles. The maximum Gasteiger partial charge on any atom is 0.356 e. The summed E-state index contributed by atoms with van der Waals surface area (Å²) < 4.78 is 10.3. The SMILES string of the molecule is CCOC(=O)c1cc(Cc2ccnc(OC)c2)c2ccccc2n1. The molecule has 0 unspecified atom stereocenters. The van der Waals surface area contributed by atoms with Crippen LogP contribution in [0.1, 0.15) is 28.5 Å². The lowest BCUT2D eigenvalue weighted by Crippen LogP contribution is -2.08. The average molecular weight is 322 g/mol. The van der Waals surface area contributed by atoms with E-state index in [0.717, 1.165) is 22.0 Å². The molecule has 2 heterocycles. The van der Waals surface area contributed by atoms with E-state index >= 15 is 0 Å². The van der Waals surface area contributed by atoms with Gasteiger partial charge in [0.15, 0.2) is 0 Å². The Kier molecular flexibility index (Phi) is 4.70. The number of carbonyl (C=O) groups is 1. The van der Waals surface area contributed by atoms with Crippen molar-refractivity contribution in [2.45, 2.75) is 13.3 Å². The highest BCUT2D eigenvalue weighted by Crippen LogP contribution is 2.22. The monoisotopic (exact) mass is 322 g/mol. The molecule has 2 aromatic heterocycles. The topological polar surface area (TPSA) is 61.3 Å². The van der Waals surface area contributed by atoms with Gasteiger partial charge in [-0.25, -0.2) is 14.8 Å². The number of esters is 1. The molecule has 3 rings (SSSR count). The van der Waals surface area contributed by atoms with Gasteiger partial charge in [-0.1, -0.05) is 18.2 Å². The van der Waals surface area contributed by atoms with Crippen LogP contribution in [-0.2, 0) is 11.2 Å². The maximum atomic E-state index is 12.1. The van der Waals surface area contributed by atoms with Gasteiger partial charge in [0.1, 0.15) is 5.69 Å². The van der Waals surface area contributed by atoms with Crippen molar-refractivity contribution in [3.05, 3.63) is 65.5 Å². The van der Waals surface area contributed by atoms with Crippen molar-refractivity contribution in [3.8, 4) is 5.88 Å². The van der Waals surface area contributed by atoms with Crippen molar-refractivity contribution >= 4 is 16.9 Å². The average Bonchev–Trinajstić information content (AvgIpc) is 2.62. The van der Waals surface area contributed by atoms with Crippen LogP contribution >= 0.6 is 0 Å². The molecule has 24 heavy (non-hydrogen) atoms. The van der Waals surface area contributed by atoms with Gasteiger partial charge in [0, 0.05) is 17.6 Å². The third kappa shape index (κ3) is 3.35. The number of fused-ring (bicyclic) bond motifs is 1. The van der Waals surface area contributed by atoms with E-state index in [2.05, 4.69) is 9.97 Å². The molecule has 1 aromatic carbocycles. The highest BCUT2D eigenvalue weighted by molar-refractivity contribution is 5.92. The summed E-state index contributed by atoms with van der Waals surface area (Å²) in [5.41, 5.74) is 3.16. The zero-order valence-corrected chi connectivity index (χ0v) is 13.7. The summed E-state index contributed by atoms with van der Waals surface area (Å²) in [5, 5.41) is 1.02. The summed E-state index contributed by atoms with van der Waals surface area (Å²) in [6.45, 7) is 2.10. The number of pyridine rings is 2. The molecule has 0 spiro atoms. The Balaban J connectivity index is 2.05. The number of ether oxygens (including phenoxy) is 2. The molecular weight excluding hydrogens is 304 g/mol. The minimum atomic E-state index is -0.406. The van der Waals surface area contributed by atoms with Gasteiger partial charge in [-0.3, -0.25) is 0 Å². The first-order chi connectivity index (χ1) is 11.7. The predicted molar refractivity (Wildman–Crippen MR) is 91.3 cm³/mol. The summed E-state index contributed by atoms with van der Waals surface area (Å²) in [6.07, 6.45) is 2.36. The second-order valence-corrected chi connectivity index (χ2v) is 5.29. The lowest BCUT2D eigenvalue weighted by Gasteiger charge is -2.10. The summed E-state index contributed by atoms with van der Waals surface area (Å²) in [5.74, 6) is 0.160. The Hall–Kier alpha value is -2.95. The number of hydrogen-bond acceptors (Lipinski definition) is 5. The van der Waals surface area contributed by atoms with E-state index in [4.69, 9.17) is 9.47 Å². The number of carbonyl (C=O) groups excluding carboxylic acids is 1. The molecule has 5 heteroatoms. The number of nitrogens with zero attached hydrogens (tertiary/aromatic N) is 2.